The zero-order valence-electron chi connectivity index (χ0n) is 10.2. The quantitative estimate of drug-likeness (QED) is 0.858. The van der Waals surface area contributed by atoms with Crippen molar-refractivity contribution < 1.29 is 4.74 Å². The summed E-state index contributed by atoms with van der Waals surface area (Å²) in [6, 6.07) is 7.69. The Labute approximate surface area is 100 Å². The van der Waals surface area contributed by atoms with Crippen LogP contribution in [0.2, 0.25) is 0 Å². The Balaban J connectivity index is 2.61. The summed E-state index contributed by atoms with van der Waals surface area (Å²) in [6.45, 7) is 4.06. The molecule has 0 aliphatic rings. The van der Waals surface area contributed by atoms with Crippen LogP contribution in [0.4, 0.5) is 5.82 Å². The number of hydrogen-bond donors (Lipinski definition) is 1. The summed E-state index contributed by atoms with van der Waals surface area (Å²) >= 11 is 0. The molecule has 4 heteroatoms. The van der Waals surface area contributed by atoms with Crippen molar-refractivity contribution in [3.8, 4) is 17.0 Å². The number of nitrogens with zero attached hydrogens (tertiary/aromatic N) is 2. The van der Waals surface area contributed by atoms with Gasteiger partial charge in [0, 0.05) is 5.56 Å². The van der Waals surface area contributed by atoms with Crippen LogP contribution in [0.5, 0.6) is 5.75 Å². The second kappa shape index (κ2) is 4.41. The Bertz CT molecular complexity index is 535. The second-order valence-corrected chi connectivity index (χ2v) is 4.01. The van der Waals surface area contributed by atoms with E-state index >= 15 is 0 Å². The number of benzene rings is 1. The number of rotatable bonds is 2. The third-order valence-electron chi connectivity index (χ3n) is 2.58. The highest BCUT2D eigenvalue weighted by Gasteiger charge is 2.11. The molecule has 0 bridgehead atoms. The van der Waals surface area contributed by atoms with E-state index in [4.69, 9.17) is 10.5 Å². The molecule has 17 heavy (non-hydrogen) atoms. The van der Waals surface area contributed by atoms with Gasteiger partial charge in [-0.1, -0.05) is 6.07 Å². The summed E-state index contributed by atoms with van der Waals surface area (Å²) < 4.78 is 5.42. The largest absolute Gasteiger partial charge is 0.496 e. The molecule has 2 aromatic rings. The molecule has 0 spiro atoms. The molecule has 2 N–H and O–H groups in total. The first-order valence-corrected chi connectivity index (χ1v) is 5.36. The lowest BCUT2D eigenvalue weighted by molar-refractivity contribution is 0.413. The van der Waals surface area contributed by atoms with Crippen molar-refractivity contribution in [2.75, 3.05) is 12.8 Å². The summed E-state index contributed by atoms with van der Waals surface area (Å²) in [5.41, 5.74) is 9.49. The van der Waals surface area contributed by atoms with Gasteiger partial charge in [-0.25, -0.2) is 0 Å². The fourth-order valence-electron chi connectivity index (χ4n) is 1.90. The van der Waals surface area contributed by atoms with Crippen LogP contribution >= 0.6 is 0 Å². The van der Waals surface area contributed by atoms with Crippen LogP contribution in [0.3, 0.4) is 0 Å². The molecule has 0 aliphatic heterocycles. The lowest BCUT2D eigenvalue weighted by Crippen LogP contribution is -1.97. The van der Waals surface area contributed by atoms with E-state index < -0.39 is 0 Å². The minimum Gasteiger partial charge on any atom is -0.496 e. The van der Waals surface area contributed by atoms with E-state index in [1.54, 1.807) is 13.2 Å². The molecule has 0 saturated carbocycles. The van der Waals surface area contributed by atoms with Gasteiger partial charge < -0.3 is 10.5 Å². The van der Waals surface area contributed by atoms with Crippen molar-refractivity contribution in [3.63, 3.8) is 0 Å². The summed E-state index contributed by atoms with van der Waals surface area (Å²) in [5, 5.41) is 7.95. The highest BCUT2D eigenvalue weighted by Crippen LogP contribution is 2.32. The molecule has 2 rings (SSSR count). The molecular formula is C13H15N3O. The van der Waals surface area contributed by atoms with E-state index in [1.807, 2.05) is 26.0 Å². The van der Waals surface area contributed by atoms with Gasteiger partial charge in [-0.15, -0.1) is 10.2 Å². The van der Waals surface area contributed by atoms with Crippen LogP contribution < -0.4 is 10.5 Å². The van der Waals surface area contributed by atoms with Crippen molar-refractivity contribution in [3.05, 3.63) is 35.4 Å². The maximum atomic E-state index is 5.53. The smallest absolute Gasteiger partial charge is 0.146 e. The first kappa shape index (κ1) is 11.4. The number of aryl methyl sites for hydroxylation is 2. The Morgan fingerprint density at radius 3 is 2.47 bits per heavy atom. The average molecular weight is 229 g/mol. The van der Waals surface area contributed by atoms with Gasteiger partial charge in [-0.05, 0) is 43.2 Å². The molecule has 4 nitrogen and oxygen atoms in total. The Kier molecular flexibility index (Phi) is 2.95. The number of nitrogens with two attached hydrogens (primary N) is 1. The van der Waals surface area contributed by atoms with Gasteiger partial charge in [-0.2, -0.15) is 0 Å². The lowest BCUT2D eigenvalue weighted by Gasteiger charge is -2.11. The third kappa shape index (κ3) is 2.20. The van der Waals surface area contributed by atoms with E-state index in [9.17, 15) is 0 Å². The molecule has 0 atom stereocenters. The standard InChI is InChI=1S/C13H15N3O/c1-8-6-9(2)13(17-3)10(7-8)11-4-5-12(14)16-15-11/h4-7H,1-3H3,(H2,14,16). The maximum absolute atomic E-state index is 5.53. The van der Waals surface area contributed by atoms with E-state index in [0.717, 1.165) is 28.1 Å². The lowest BCUT2D eigenvalue weighted by atomic mass is 10.0. The molecule has 0 radical (unpaired) electrons. The number of anilines is 1. The fraction of sp³-hybridized carbons (Fsp3) is 0.231. The molecule has 1 heterocycles. The Morgan fingerprint density at radius 1 is 1.12 bits per heavy atom. The third-order valence-corrected chi connectivity index (χ3v) is 2.58. The predicted octanol–water partition coefficient (Wildman–Crippen LogP) is 2.35. The summed E-state index contributed by atoms with van der Waals surface area (Å²) in [5.74, 6) is 1.24. The molecule has 0 saturated heterocycles. The van der Waals surface area contributed by atoms with Gasteiger partial charge in [-0.3, -0.25) is 0 Å². The molecule has 0 unspecified atom stereocenters. The van der Waals surface area contributed by atoms with Gasteiger partial charge in [0.2, 0.25) is 0 Å². The SMILES string of the molecule is COc1c(C)cc(C)cc1-c1ccc(N)nn1. The van der Waals surface area contributed by atoms with Gasteiger partial charge >= 0.3 is 0 Å². The Hall–Kier alpha value is -2.10. The van der Waals surface area contributed by atoms with Gasteiger partial charge in [0.25, 0.3) is 0 Å². The minimum absolute atomic E-state index is 0.414. The van der Waals surface area contributed by atoms with Gasteiger partial charge in [0.05, 0.1) is 12.8 Å². The highest BCUT2D eigenvalue weighted by atomic mass is 16.5. The molecule has 0 aliphatic carbocycles. The van der Waals surface area contributed by atoms with Gasteiger partial charge in [0.15, 0.2) is 0 Å². The summed E-state index contributed by atoms with van der Waals surface area (Å²) in [7, 11) is 1.66. The zero-order chi connectivity index (χ0) is 12.4. The molecule has 1 aromatic carbocycles. The highest BCUT2D eigenvalue weighted by molar-refractivity contribution is 5.70. The normalized spacial score (nSPS) is 10.3. The molecule has 1 aromatic heterocycles. The first-order valence-electron chi connectivity index (χ1n) is 5.36. The van der Waals surface area contributed by atoms with Crippen LogP contribution in [0.1, 0.15) is 11.1 Å². The van der Waals surface area contributed by atoms with E-state index in [1.165, 1.54) is 0 Å². The molecule has 88 valence electrons. The zero-order valence-corrected chi connectivity index (χ0v) is 10.2. The number of ether oxygens (including phenoxy) is 1. The second-order valence-electron chi connectivity index (χ2n) is 4.01. The van der Waals surface area contributed by atoms with Crippen LogP contribution in [0.25, 0.3) is 11.3 Å². The monoisotopic (exact) mass is 229 g/mol. The van der Waals surface area contributed by atoms with Crippen molar-refractivity contribution in [1.82, 2.24) is 10.2 Å². The summed E-state index contributed by atoms with van der Waals surface area (Å²) in [4.78, 5) is 0. The fourth-order valence-corrected chi connectivity index (χ4v) is 1.90. The molecule has 0 amide bonds. The van der Waals surface area contributed by atoms with Crippen molar-refractivity contribution >= 4 is 5.82 Å². The van der Waals surface area contributed by atoms with Crippen molar-refractivity contribution in [1.29, 1.82) is 0 Å². The molecular weight excluding hydrogens is 214 g/mol. The van der Waals surface area contributed by atoms with Crippen LogP contribution in [-0.4, -0.2) is 17.3 Å². The first-order chi connectivity index (χ1) is 8.11. The molecule has 0 fully saturated rings. The topological polar surface area (TPSA) is 61.0 Å². The van der Waals surface area contributed by atoms with Crippen LogP contribution in [0, 0.1) is 13.8 Å². The van der Waals surface area contributed by atoms with Crippen LogP contribution in [-0.2, 0) is 0 Å². The number of methoxy groups -OCH3 is 1. The Morgan fingerprint density at radius 2 is 1.88 bits per heavy atom. The van der Waals surface area contributed by atoms with E-state index in [2.05, 4.69) is 16.3 Å². The number of nitrogen functional groups attached to an aromatic ring is 1. The maximum Gasteiger partial charge on any atom is 0.146 e. The predicted molar refractivity (Wildman–Crippen MR) is 67.9 cm³/mol. The van der Waals surface area contributed by atoms with E-state index in [-0.39, 0.29) is 0 Å². The average Bonchev–Trinajstić information content (AvgIpc) is 2.29. The van der Waals surface area contributed by atoms with Crippen LogP contribution in [0.15, 0.2) is 24.3 Å². The van der Waals surface area contributed by atoms with E-state index in [0.29, 0.717) is 5.82 Å². The van der Waals surface area contributed by atoms with Gasteiger partial charge in [0.1, 0.15) is 11.6 Å². The van der Waals surface area contributed by atoms with Crippen molar-refractivity contribution in [2.24, 2.45) is 0 Å². The summed E-state index contributed by atoms with van der Waals surface area (Å²) in [6.07, 6.45) is 0. The van der Waals surface area contributed by atoms with Crippen molar-refractivity contribution in [2.45, 2.75) is 13.8 Å². The number of hydrogen-bond acceptors (Lipinski definition) is 4. The number of aromatic nitrogens is 2. The minimum atomic E-state index is 0.414.